The Balaban J connectivity index is 1.42. The van der Waals surface area contributed by atoms with Crippen LogP contribution < -0.4 is 10.1 Å². The van der Waals surface area contributed by atoms with E-state index in [-0.39, 0.29) is 25.6 Å². The average molecular weight is 398 g/mol. The molecule has 0 saturated heterocycles. The number of aromatic nitrogens is 2. The number of ether oxygens (including phenoxy) is 1. The molecule has 1 N–H and O–H groups in total. The Hall–Kier alpha value is -2.78. The summed E-state index contributed by atoms with van der Waals surface area (Å²) in [5.74, 6) is 6.39. The highest BCUT2D eigenvalue weighted by Gasteiger charge is 2.05. The van der Waals surface area contributed by atoms with Crippen molar-refractivity contribution in [3.63, 3.8) is 0 Å². The fourth-order valence-electron chi connectivity index (χ4n) is 2.28. The van der Waals surface area contributed by atoms with Gasteiger partial charge in [-0.2, -0.15) is 0 Å². The first-order valence-electron chi connectivity index (χ1n) is 7.73. The maximum atomic E-state index is 12.0. The van der Waals surface area contributed by atoms with Gasteiger partial charge in [-0.15, -0.1) is 0 Å². The number of halogens is 1. The fourth-order valence-corrected chi connectivity index (χ4v) is 2.66. The number of hydrogen-bond donors (Lipinski definition) is 1. The minimum atomic E-state index is -0.106. The number of carbonyl (C=O) groups excluding carboxylic acids is 1. The quantitative estimate of drug-likeness (QED) is 0.673. The van der Waals surface area contributed by atoms with Crippen LogP contribution >= 0.6 is 15.9 Å². The molecule has 3 aromatic rings. The molecule has 126 valence electrons. The summed E-state index contributed by atoms with van der Waals surface area (Å²) in [6.07, 6.45) is 1.67. The molecule has 0 saturated carbocycles. The standard InChI is InChI=1S/C19H16BrN3O2/c20-15-6-5-7-16(12-15)25-11-4-3-10-21-19(24)13-23-14-22-17-8-1-2-9-18(17)23/h1-2,5-9,12,14H,10-11,13H2,(H,21,24). The number of carbonyl (C=O) groups is 1. The highest BCUT2D eigenvalue weighted by atomic mass is 79.9. The van der Waals surface area contributed by atoms with Crippen LogP contribution in [0.3, 0.4) is 0 Å². The molecular weight excluding hydrogens is 382 g/mol. The lowest BCUT2D eigenvalue weighted by atomic mass is 10.3. The van der Waals surface area contributed by atoms with Crippen molar-refractivity contribution in [2.45, 2.75) is 6.54 Å². The molecule has 1 aromatic heterocycles. The molecule has 25 heavy (non-hydrogen) atoms. The third kappa shape index (κ3) is 4.85. The van der Waals surface area contributed by atoms with Crippen molar-refractivity contribution in [1.82, 2.24) is 14.9 Å². The normalized spacial score (nSPS) is 10.1. The number of nitrogens with one attached hydrogen (secondary N) is 1. The Kier molecular flexibility index (Phi) is 5.70. The largest absolute Gasteiger partial charge is 0.481 e. The molecule has 1 amide bonds. The molecule has 0 bridgehead atoms. The molecule has 0 aliphatic rings. The number of amides is 1. The van der Waals surface area contributed by atoms with E-state index >= 15 is 0 Å². The average Bonchev–Trinajstić information content (AvgIpc) is 3.01. The third-order valence-corrected chi connectivity index (χ3v) is 3.94. The van der Waals surface area contributed by atoms with Crippen molar-refractivity contribution in [3.8, 4) is 17.6 Å². The number of para-hydroxylation sites is 2. The summed E-state index contributed by atoms with van der Waals surface area (Å²) < 4.78 is 8.27. The molecule has 0 aliphatic carbocycles. The Labute approximate surface area is 154 Å². The maximum Gasteiger partial charge on any atom is 0.240 e. The van der Waals surface area contributed by atoms with Crippen LogP contribution in [-0.4, -0.2) is 28.6 Å². The van der Waals surface area contributed by atoms with Gasteiger partial charge in [0.25, 0.3) is 0 Å². The number of benzene rings is 2. The summed E-state index contributed by atoms with van der Waals surface area (Å²) in [5.41, 5.74) is 1.81. The zero-order chi connectivity index (χ0) is 17.5. The lowest BCUT2D eigenvalue weighted by Crippen LogP contribution is -2.27. The van der Waals surface area contributed by atoms with Crippen LogP contribution in [0, 0.1) is 11.8 Å². The molecule has 0 aliphatic heterocycles. The lowest BCUT2D eigenvalue weighted by Gasteiger charge is -2.04. The molecule has 0 atom stereocenters. The van der Waals surface area contributed by atoms with E-state index < -0.39 is 0 Å². The molecule has 5 nitrogen and oxygen atoms in total. The summed E-state index contributed by atoms with van der Waals surface area (Å²) >= 11 is 3.38. The Bertz CT molecular complexity index is 940. The summed E-state index contributed by atoms with van der Waals surface area (Å²) in [5, 5.41) is 2.77. The van der Waals surface area contributed by atoms with Gasteiger partial charge in [-0.3, -0.25) is 4.79 Å². The first-order valence-corrected chi connectivity index (χ1v) is 8.52. The minimum Gasteiger partial charge on any atom is -0.481 e. The number of fused-ring (bicyclic) bond motifs is 1. The van der Waals surface area contributed by atoms with Crippen LogP contribution in [0.1, 0.15) is 0 Å². The first kappa shape index (κ1) is 17.1. The summed E-state index contributed by atoms with van der Waals surface area (Å²) in [6, 6.07) is 15.3. The summed E-state index contributed by atoms with van der Waals surface area (Å²) in [7, 11) is 0. The number of hydrogen-bond acceptors (Lipinski definition) is 3. The van der Waals surface area contributed by atoms with Gasteiger partial charge in [0.1, 0.15) is 18.9 Å². The molecule has 1 heterocycles. The SMILES string of the molecule is O=C(Cn1cnc2ccccc21)NCC#CCOc1cccc(Br)c1. The second kappa shape index (κ2) is 8.36. The van der Waals surface area contributed by atoms with Gasteiger partial charge in [-0.05, 0) is 30.3 Å². The number of imidazole rings is 1. The third-order valence-electron chi connectivity index (χ3n) is 3.45. The van der Waals surface area contributed by atoms with Crippen molar-refractivity contribution >= 4 is 32.9 Å². The molecular formula is C19H16BrN3O2. The number of rotatable bonds is 5. The minimum absolute atomic E-state index is 0.106. The van der Waals surface area contributed by atoms with Crippen LogP contribution in [0.25, 0.3) is 11.0 Å². The van der Waals surface area contributed by atoms with E-state index in [4.69, 9.17) is 4.74 Å². The fraction of sp³-hybridized carbons (Fsp3) is 0.158. The first-order chi connectivity index (χ1) is 12.2. The molecule has 3 rings (SSSR count). The molecule has 6 heteroatoms. The van der Waals surface area contributed by atoms with E-state index in [9.17, 15) is 4.79 Å². The topological polar surface area (TPSA) is 56.2 Å². The van der Waals surface area contributed by atoms with E-state index in [1.807, 2.05) is 53.1 Å². The van der Waals surface area contributed by atoms with Crippen LogP contribution in [0.4, 0.5) is 0 Å². The Morgan fingerprint density at radius 3 is 2.96 bits per heavy atom. The second-order valence-corrected chi connectivity index (χ2v) is 6.15. The van der Waals surface area contributed by atoms with E-state index in [0.717, 1.165) is 21.3 Å². The van der Waals surface area contributed by atoms with Crippen LogP contribution in [0.5, 0.6) is 5.75 Å². The molecule has 2 aromatic carbocycles. The van der Waals surface area contributed by atoms with Gasteiger partial charge in [0.2, 0.25) is 5.91 Å². The van der Waals surface area contributed by atoms with Crippen molar-refractivity contribution in [2.24, 2.45) is 0 Å². The van der Waals surface area contributed by atoms with Crippen LogP contribution in [-0.2, 0) is 11.3 Å². The summed E-state index contributed by atoms with van der Waals surface area (Å²) in [4.78, 5) is 16.2. The van der Waals surface area contributed by atoms with E-state index in [2.05, 4.69) is 38.1 Å². The van der Waals surface area contributed by atoms with Gasteiger partial charge in [0.05, 0.1) is 23.9 Å². The smallest absolute Gasteiger partial charge is 0.240 e. The van der Waals surface area contributed by atoms with Gasteiger partial charge < -0.3 is 14.6 Å². The zero-order valence-electron chi connectivity index (χ0n) is 13.4. The summed E-state index contributed by atoms with van der Waals surface area (Å²) in [6.45, 7) is 0.780. The highest BCUT2D eigenvalue weighted by molar-refractivity contribution is 9.10. The maximum absolute atomic E-state index is 12.0. The monoisotopic (exact) mass is 397 g/mol. The molecule has 0 radical (unpaired) electrons. The predicted molar refractivity (Wildman–Crippen MR) is 100 cm³/mol. The zero-order valence-corrected chi connectivity index (χ0v) is 15.0. The van der Waals surface area contributed by atoms with Crippen molar-refractivity contribution in [3.05, 3.63) is 59.3 Å². The molecule has 0 unspecified atom stereocenters. The van der Waals surface area contributed by atoms with E-state index in [1.54, 1.807) is 6.33 Å². The van der Waals surface area contributed by atoms with E-state index in [0.29, 0.717) is 0 Å². The Morgan fingerprint density at radius 2 is 2.08 bits per heavy atom. The van der Waals surface area contributed by atoms with Crippen molar-refractivity contribution in [1.29, 1.82) is 0 Å². The van der Waals surface area contributed by atoms with Gasteiger partial charge in [0.15, 0.2) is 0 Å². The predicted octanol–water partition coefficient (Wildman–Crippen LogP) is 3.00. The van der Waals surface area contributed by atoms with E-state index in [1.165, 1.54) is 0 Å². The number of nitrogens with zero attached hydrogens (tertiary/aromatic N) is 2. The molecule has 0 fully saturated rings. The van der Waals surface area contributed by atoms with Crippen LogP contribution in [0.15, 0.2) is 59.3 Å². The highest BCUT2D eigenvalue weighted by Crippen LogP contribution is 2.17. The lowest BCUT2D eigenvalue weighted by molar-refractivity contribution is -0.121. The van der Waals surface area contributed by atoms with Crippen molar-refractivity contribution in [2.75, 3.05) is 13.2 Å². The van der Waals surface area contributed by atoms with Crippen molar-refractivity contribution < 1.29 is 9.53 Å². The Morgan fingerprint density at radius 1 is 1.20 bits per heavy atom. The molecule has 0 spiro atoms. The van der Waals surface area contributed by atoms with Gasteiger partial charge in [0, 0.05) is 4.47 Å². The second-order valence-electron chi connectivity index (χ2n) is 5.24. The van der Waals surface area contributed by atoms with Gasteiger partial charge >= 0.3 is 0 Å². The van der Waals surface area contributed by atoms with Crippen LogP contribution in [0.2, 0.25) is 0 Å². The van der Waals surface area contributed by atoms with Gasteiger partial charge in [-0.1, -0.05) is 46.0 Å². The van der Waals surface area contributed by atoms with Gasteiger partial charge in [-0.25, -0.2) is 4.98 Å².